The molecule has 124 valence electrons. The molecule has 1 aliphatic carbocycles. The minimum absolute atomic E-state index is 0.0295. The van der Waals surface area contributed by atoms with Crippen LogP contribution in [0.5, 0.6) is 0 Å². The van der Waals surface area contributed by atoms with E-state index in [-0.39, 0.29) is 18.1 Å². The SMILES string of the molecule is COCC(N[C@H]1C[C@@H](O)[C@@H]1n1cccn1)c1ccc(F)c(F)c1. The van der Waals surface area contributed by atoms with Gasteiger partial charge in [0.05, 0.1) is 24.8 Å². The zero-order valence-corrected chi connectivity index (χ0v) is 12.7. The highest BCUT2D eigenvalue weighted by Crippen LogP contribution is 2.34. The van der Waals surface area contributed by atoms with Crippen LogP contribution in [0.2, 0.25) is 0 Å². The second-order valence-electron chi connectivity index (χ2n) is 5.73. The summed E-state index contributed by atoms with van der Waals surface area (Å²) in [6.45, 7) is 0.309. The van der Waals surface area contributed by atoms with Gasteiger partial charge in [-0.2, -0.15) is 5.10 Å². The van der Waals surface area contributed by atoms with E-state index in [0.717, 1.165) is 6.07 Å². The first-order chi connectivity index (χ1) is 11.1. The lowest BCUT2D eigenvalue weighted by Gasteiger charge is -2.43. The molecule has 3 rings (SSSR count). The van der Waals surface area contributed by atoms with E-state index < -0.39 is 17.7 Å². The maximum Gasteiger partial charge on any atom is 0.159 e. The maximum atomic E-state index is 13.5. The van der Waals surface area contributed by atoms with Crippen LogP contribution in [0.15, 0.2) is 36.7 Å². The van der Waals surface area contributed by atoms with Crippen molar-refractivity contribution in [3.63, 3.8) is 0 Å². The highest BCUT2D eigenvalue weighted by molar-refractivity contribution is 5.22. The van der Waals surface area contributed by atoms with Gasteiger partial charge in [-0.1, -0.05) is 6.07 Å². The number of aliphatic hydroxyl groups is 1. The fourth-order valence-electron chi connectivity index (χ4n) is 2.99. The van der Waals surface area contributed by atoms with E-state index in [1.54, 1.807) is 30.3 Å². The first-order valence-corrected chi connectivity index (χ1v) is 7.47. The molecule has 2 N–H and O–H groups in total. The number of methoxy groups -OCH3 is 1. The molecule has 5 nitrogen and oxygen atoms in total. The molecular weight excluding hydrogens is 304 g/mol. The lowest BCUT2D eigenvalue weighted by atomic mass is 9.82. The summed E-state index contributed by atoms with van der Waals surface area (Å²) < 4.78 is 33.5. The molecule has 0 radical (unpaired) electrons. The summed E-state index contributed by atoms with van der Waals surface area (Å²) in [7, 11) is 1.55. The number of hydrogen-bond acceptors (Lipinski definition) is 4. The highest BCUT2D eigenvalue weighted by Gasteiger charge is 2.42. The van der Waals surface area contributed by atoms with Crippen LogP contribution in [0.1, 0.15) is 24.1 Å². The van der Waals surface area contributed by atoms with Gasteiger partial charge < -0.3 is 15.2 Å². The van der Waals surface area contributed by atoms with Crippen LogP contribution in [-0.2, 0) is 4.74 Å². The zero-order valence-electron chi connectivity index (χ0n) is 12.7. The molecule has 4 atom stereocenters. The first-order valence-electron chi connectivity index (χ1n) is 7.47. The molecule has 0 saturated heterocycles. The monoisotopic (exact) mass is 323 g/mol. The normalized spacial score (nSPS) is 25.1. The molecule has 0 amide bonds. The lowest BCUT2D eigenvalue weighted by Crippen LogP contribution is -2.55. The number of nitrogens with zero attached hydrogens (tertiary/aromatic N) is 2. The Morgan fingerprint density at radius 3 is 2.87 bits per heavy atom. The molecule has 7 heteroatoms. The number of hydrogen-bond donors (Lipinski definition) is 2. The smallest absolute Gasteiger partial charge is 0.159 e. The van der Waals surface area contributed by atoms with Crippen molar-refractivity contribution in [3.05, 3.63) is 53.9 Å². The molecule has 1 aromatic heterocycles. The topological polar surface area (TPSA) is 59.3 Å². The molecule has 23 heavy (non-hydrogen) atoms. The van der Waals surface area contributed by atoms with Gasteiger partial charge in [-0.15, -0.1) is 0 Å². The molecule has 0 bridgehead atoms. The average molecular weight is 323 g/mol. The number of nitrogens with one attached hydrogen (secondary N) is 1. The van der Waals surface area contributed by atoms with Crippen LogP contribution < -0.4 is 5.32 Å². The molecule has 1 aliphatic rings. The minimum atomic E-state index is -0.886. The van der Waals surface area contributed by atoms with E-state index in [9.17, 15) is 13.9 Å². The van der Waals surface area contributed by atoms with Crippen molar-refractivity contribution in [2.45, 2.75) is 30.7 Å². The van der Waals surface area contributed by atoms with Crippen molar-refractivity contribution in [3.8, 4) is 0 Å². The van der Waals surface area contributed by atoms with Crippen LogP contribution in [0.3, 0.4) is 0 Å². The van der Waals surface area contributed by atoms with Gasteiger partial charge in [0.25, 0.3) is 0 Å². The average Bonchev–Trinajstić information content (AvgIpc) is 3.02. The van der Waals surface area contributed by atoms with E-state index in [0.29, 0.717) is 18.6 Å². The van der Waals surface area contributed by atoms with Crippen LogP contribution in [0.25, 0.3) is 0 Å². The predicted molar refractivity (Wildman–Crippen MR) is 79.8 cm³/mol. The maximum absolute atomic E-state index is 13.5. The summed E-state index contributed by atoms with van der Waals surface area (Å²) in [5.41, 5.74) is 0.603. The van der Waals surface area contributed by atoms with E-state index in [1.165, 1.54) is 12.1 Å². The second kappa shape index (κ2) is 6.74. The molecule has 1 saturated carbocycles. The van der Waals surface area contributed by atoms with E-state index >= 15 is 0 Å². The molecule has 1 fully saturated rings. The quantitative estimate of drug-likeness (QED) is 0.851. The molecule has 2 aromatic rings. The molecular formula is C16H19F2N3O2. The Labute approximate surface area is 132 Å². The lowest BCUT2D eigenvalue weighted by molar-refractivity contribution is -0.0156. The standard InChI is InChI=1S/C16H19F2N3O2/c1-23-9-14(10-3-4-11(17)12(18)7-10)20-13-8-15(22)16(13)21-6-2-5-19-21/h2-7,13-16,20,22H,8-9H2,1H3/t13-,14?,15+,16+/m0/s1. The predicted octanol–water partition coefficient (Wildman–Crippen LogP) is 1.81. The third-order valence-corrected chi connectivity index (χ3v) is 4.23. The number of ether oxygens (including phenoxy) is 1. The second-order valence-corrected chi connectivity index (χ2v) is 5.73. The summed E-state index contributed by atoms with van der Waals surface area (Å²) in [5, 5.41) is 17.5. The van der Waals surface area contributed by atoms with Gasteiger partial charge in [0, 0.05) is 25.5 Å². The van der Waals surface area contributed by atoms with Crippen LogP contribution in [0.4, 0.5) is 8.78 Å². The molecule has 1 heterocycles. The summed E-state index contributed by atoms with van der Waals surface area (Å²) >= 11 is 0. The van der Waals surface area contributed by atoms with Crippen molar-refractivity contribution in [1.82, 2.24) is 15.1 Å². The van der Waals surface area contributed by atoms with Gasteiger partial charge in [-0.25, -0.2) is 8.78 Å². The Morgan fingerprint density at radius 2 is 2.26 bits per heavy atom. The number of aromatic nitrogens is 2. The molecule has 0 aliphatic heterocycles. The van der Waals surface area contributed by atoms with Crippen LogP contribution in [-0.4, -0.2) is 40.7 Å². The summed E-state index contributed by atoms with van der Waals surface area (Å²) in [6.07, 6.45) is 3.53. The first kappa shape index (κ1) is 16.0. The largest absolute Gasteiger partial charge is 0.391 e. The van der Waals surface area contributed by atoms with Crippen LogP contribution >= 0.6 is 0 Å². The van der Waals surface area contributed by atoms with Crippen LogP contribution in [0, 0.1) is 11.6 Å². The number of halogens is 2. The van der Waals surface area contributed by atoms with Gasteiger partial charge in [0.2, 0.25) is 0 Å². The summed E-state index contributed by atoms with van der Waals surface area (Å²) in [4.78, 5) is 0. The Balaban J connectivity index is 1.76. The van der Waals surface area contributed by atoms with E-state index in [2.05, 4.69) is 10.4 Å². The van der Waals surface area contributed by atoms with E-state index in [1.807, 2.05) is 0 Å². The van der Waals surface area contributed by atoms with Crippen molar-refractivity contribution >= 4 is 0 Å². The van der Waals surface area contributed by atoms with Crippen molar-refractivity contribution in [1.29, 1.82) is 0 Å². The van der Waals surface area contributed by atoms with Gasteiger partial charge in [0.1, 0.15) is 0 Å². The van der Waals surface area contributed by atoms with Crippen molar-refractivity contribution < 1.29 is 18.6 Å². The Hall–Kier alpha value is -1.83. The van der Waals surface area contributed by atoms with Gasteiger partial charge in [-0.3, -0.25) is 4.68 Å². The number of aliphatic hydroxyl groups excluding tert-OH is 1. The Kier molecular flexibility index (Phi) is 4.70. The zero-order chi connectivity index (χ0) is 16.4. The molecule has 0 spiro atoms. The summed E-state index contributed by atoms with van der Waals surface area (Å²) in [5.74, 6) is -1.76. The van der Waals surface area contributed by atoms with Crippen molar-refractivity contribution in [2.24, 2.45) is 0 Å². The molecule has 1 aromatic carbocycles. The fourth-order valence-corrected chi connectivity index (χ4v) is 2.99. The van der Waals surface area contributed by atoms with Gasteiger partial charge >= 0.3 is 0 Å². The molecule has 1 unspecified atom stereocenters. The van der Waals surface area contributed by atoms with Gasteiger partial charge in [-0.05, 0) is 30.2 Å². The van der Waals surface area contributed by atoms with Crippen molar-refractivity contribution in [2.75, 3.05) is 13.7 Å². The third-order valence-electron chi connectivity index (χ3n) is 4.23. The minimum Gasteiger partial charge on any atom is -0.391 e. The Bertz CT molecular complexity index is 651. The number of rotatable bonds is 6. The highest BCUT2D eigenvalue weighted by atomic mass is 19.2. The fraction of sp³-hybridized carbons (Fsp3) is 0.438. The van der Waals surface area contributed by atoms with E-state index in [4.69, 9.17) is 4.74 Å². The summed E-state index contributed by atoms with van der Waals surface area (Å²) in [6, 6.07) is 5.09. The Morgan fingerprint density at radius 1 is 1.43 bits per heavy atom. The third kappa shape index (κ3) is 3.26. The number of benzene rings is 1. The van der Waals surface area contributed by atoms with Gasteiger partial charge in [0.15, 0.2) is 11.6 Å².